The molecule has 1 aromatic carbocycles. The maximum Gasteiger partial charge on any atom is 0.306 e. The Balaban J connectivity index is 3.07. The lowest BCUT2D eigenvalue weighted by Crippen LogP contribution is -2.10. The molecule has 0 aliphatic rings. The number of hydrogen-bond donors (Lipinski definition) is 1. The summed E-state index contributed by atoms with van der Waals surface area (Å²) in [5.74, 6) is -3.38. The third kappa shape index (κ3) is 3.15. The fourth-order valence-corrected chi connectivity index (χ4v) is 1.65. The smallest absolute Gasteiger partial charge is 0.306 e. The molecule has 0 unspecified atom stereocenters. The molecule has 0 bridgehead atoms. The SMILES string of the molecule is CC[C@@H](CC(=O)OC)c1cc(F)cc(O)c1F. The van der Waals surface area contributed by atoms with E-state index in [9.17, 15) is 18.7 Å². The minimum Gasteiger partial charge on any atom is -0.505 e. The number of halogens is 2. The van der Waals surface area contributed by atoms with E-state index < -0.39 is 29.3 Å². The van der Waals surface area contributed by atoms with Crippen LogP contribution in [0, 0.1) is 11.6 Å². The van der Waals surface area contributed by atoms with Gasteiger partial charge in [-0.2, -0.15) is 0 Å². The highest BCUT2D eigenvalue weighted by Crippen LogP contribution is 2.31. The molecule has 0 fully saturated rings. The minimum atomic E-state index is -0.887. The first-order valence-corrected chi connectivity index (χ1v) is 5.24. The van der Waals surface area contributed by atoms with Crippen LogP contribution in [-0.4, -0.2) is 18.2 Å². The average Bonchev–Trinajstić information content (AvgIpc) is 2.30. The van der Waals surface area contributed by atoms with Gasteiger partial charge in [0.2, 0.25) is 0 Å². The first-order valence-electron chi connectivity index (χ1n) is 5.24. The Bertz CT molecular complexity index is 418. The molecule has 1 aromatic rings. The van der Waals surface area contributed by atoms with Gasteiger partial charge >= 0.3 is 5.97 Å². The topological polar surface area (TPSA) is 46.5 Å². The fourth-order valence-electron chi connectivity index (χ4n) is 1.65. The second-order valence-electron chi connectivity index (χ2n) is 3.71. The van der Waals surface area contributed by atoms with Crippen molar-refractivity contribution in [3.8, 4) is 5.75 Å². The summed E-state index contributed by atoms with van der Waals surface area (Å²) in [5, 5.41) is 9.19. The lowest BCUT2D eigenvalue weighted by atomic mass is 9.92. The molecule has 0 aliphatic heterocycles. The molecule has 0 radical (unpaired) electrons. The number of phenolic OH excluding ortho intramolecular Hbond substituents is 1. The zero-order valence-corrected chi connectivity index (χ0v) is 9.67. The van der Waals surface area contributed by atoms with Crippen LogP contribution in [0.5, 0.6) is 5.75 Å². The summed E-state index contributed by atoms with van der Waals surface area (Å²) >= 11 is 0. The molecule has 0 aliphatic carbocycles. The Labute approximate surface area is 98.0 Å². The molecule has 0 saturated carbocycles. The van der Waals surface area contributed by atoms with Crippen LogP contribution in [0.15, 0.2) is 12.1 Å². The normalized spacial score (nSPS) is 12.2. The summed E-state index contributed by atoms with van der Waals surface area (Å²) in [6.45, 7) is 1.75. The number of carbonyl (C=O) groups is 1. The van der Waals surface area contributed by atoms with E-state index in [0.29, 0.717) is 12.5 Å². The molecule has 1 atom stereocenters. The minimum absolute atomic E-state index is 0.00426. The van der Waals surface area contributed by atoms with Crippen molar-refractivity contribution in [3.63, 3.8) is 0 Å². The van der Waals surface area contributed by atoms with Gasteiger partial charge in [0.15, 0.2) is 11.6 Å². The summed E-state index contributed by atoms with van der Waals surface area (Å²) in [7, 11) is 1.23. The van der Waals surface area contributed by atoms with E-state index in [1.807, 2.05) is 0 Å². The number of carbonyl (C=O) groups excluding carboxylic acids is 1. The number of benzene rings is 1. The van der Waals surface area contributed by atoms with Crippen LogP contribution < -0.4 is 0 Å². The van der Waals surface area contributed by atoms with E-state index in [-0.39, 0.29) is 12.0 Å². The number of aromatic hydroxyl groups is 1. The molecular weight excluding hydrogens is 230 g/mol. The number of hydrogen-bond acceptors (Lipinski definition) is 3. The molecule has 0 spiro atoms. The lowest BCUT2D eigenvalue weighted by molar-refractivity contribution is -0.141. The van der Waals surface area contributed by atoms with Crippen LogP contribution in [0.25, 0.3) is 0 Å². The van der Waals surface area contributed by atoms with Crippen LogP contribution in [0.4, 0.5) is 8.78 Å². The second kappa shape index (κ2) is 5.61. The fraction of sp³-hybridized carbons (Fsp3) is 0.417. The zero-order valence-electron chi connectivity index (χ0n) is 9.67. The summed E-state index contributed by atoms with van der Waals surface area (Å²) in [6.07, 6.45) is 0.391. The molecule has 0 saturated heterocycles. The highest BCUT2D eigenvalue weighted by molar-refractivity contribution is 5.70. The molecule has 0 amide bonds. The zero-order chi connectivity index (χ0) is 13.0. The van der Waals surface area contributed by atoms with Crippen LogP contribution in [0.1, 0.15) is 31.2 Å². The predicted molar refractivity (Wildman–Crippen MR) is 57.7 cm³/mol. The summed E-state index contributed by atoms with van der Waals surface area (Å²) in [5.41, 5.74) is -0.00426. The molecule has 94 valence electrons. The van der Waals surface area contributed by atoms with Gasteiger partial charge < -0.3 is 9.84 Å². The third-order valence-corrected chi connectivity index (χ3v) is 2.62. The molecule has 3 nitrogen and oxygen atoms in total. The van der Waals surface area contributed by atoms with Gasteiger partial charge in [0, 0.05) is 6.07 Å². The predicted octanol–water partition coefficient (Wildman–Crippen LogP) is 2.73. The number of ether oxygens (including phenoxy) is 1. The summed E-state index contributed by atoms with van der Waals surface area (Å²) in [6, 6.07) is 1.69. The monoisotopic (exact) mass is 244 g/mol. The molecular formula is C12H14F2O3. The van der Waals surface area contributed by atoms with Crippen molar-refractivity contribution in [2.24, 2.45) is 0 Å². The van der Waals surface area contributed by atoms with Crippen LogP contribution >= 0.6 is 0 Å². The van der Waals surface area contributed by atoms with Gasteiger partial charge in [0.25, 0.3) is 0 Å². The van der Waals surface area contributed by atoms with Gasteiger partial charge in [-0.05, 0) is 24.0 Å². The standard InChI is InChI=1S/C12H14F2O3/c1-3-7(4-11(16)17-2)9-5-8(13)6-10(15)12(9)14/h5-7,15H,3-4H2,1-2H3/t7-/m0/s1. The van der Waals surface area contributed by atoms with E-state index >= 15 is 0 Å². The first-order chi connectivity index (χ1) is 7.99. The van der Waals surface area contributed by atoms with Gasteiger partial charge in [0.1, 0.15) is 5.82 Å². The summed E-state index contributed by atoms with van der Waals surface area (Å²) < 4.78 is 31.2. The lowest BCUT2D eigenvalue weighted by Gasteiger charge is -2.15. The average molecular weight is 244 g/mol. The van der Waals surface area contributed by atoms with Crippen molar-refractivity contribution in [1.82, 2.24) is 0 Å². The van der Waals surface area contributed by atoms with Crippen molar-refractivity contribution in [2.45, 2.75) is 25.7 Å². The second-order valence-corrected chi connectivity index (χ2v) is 3.71. The van der Waals surface area contributed by atoms with Crippen LogP contribution in [-0.2, 0) is 9.53 Å². The van der Waals surface area contributed by atoms with E-state index in [2.05, 4.69) is 4.74 Å². The quantitative estimate of drug-likeness (QED) is 0.828. The summed E-state index contributed by atoms with van der Waals surface area (Å²) in [4.78, 5) is 11.1. The van der Waals surface area contributed by atoms with Crippen LogP contribution in [0.3, 0.4) is 0 Å². The molecule has 1 N–H and O–H groups in total. The molecule has 0 heterocycles. The Hall–Kier alpha value is -1.65. The van der Waals surface area contributed by atoms with E-state index in [1.54, 1.807) is 6.92 Å². The molecule has 0 aromatic heterocycles. The largest absolute Gasteiger partial charge is 0.505 e. The number of esters is 1. The van der Waals surface area contributed by atoms with Crippen molar-refractivity contribution in [3.05, 3.63) is 29.3 Å². The molecule has 1 rings (SSSR count). The number of phenols is 1. The van der Waals surface area contributed by atoms with E-state index in [0.717, 1.165) is 6.07 Å². The highest BCUT2D eigenvalue weighted by atomic mass is 19.1. The highest BCUT2D eigenvalue weighted by Gasteiger charge is 2.21. The van der Waals surface area contributed by atoms with Gasteiger partial charge in [-0.1, -0.05) is 6.92 Å². The van der Waals surface area contributed by atoms with Crippen molar-refractivity contribution < 1.29 is 23.4 Å². The Morgan fingerprint density at radius 1 is 1.47 bits per heavy atom. The third-order valence-electron chi connectivity index (χ3n) is 2.62. The van der Waals surface area contributed by atoms with Crippen LogP contribution in [0.2, 0.25) is 0 Å². The van der Waals surface area contributed by atoms with Gasteiger partial charge in [0.05, 0.1) is 13.5 Å². The maximum absolute atomic E-state index is 13.6. The Kier molecular flexibility index (Phi) is 4.43. The van der Waals surface area contributed by atoms with Crippen molar-refractivity contribution in [2.75, 3.05) is 7.11 Å². The van der Waals surface area contributed by atoms with Crippen molar-refractivity contribution in [1.29, 1.82) is 0 Å². The van der Waals surface area contributed by atoms with Gasteiger partial charge in [-0.25, -0.2) is 8.78 Å². The van der Waals surface area contributed by atoms with E-state index in [4.69, 9.17) is 0 Å². The van der Waals surface area contributed by atoms with Gasteiger partial charge in [-0.15, -0.1) is 0 Å². The van der Waals surface area contributed by atoms with E-state index in [1.165, 1.54) is 7.11 Å². The number of methoxy groups -OCH3 is 1. The van der Waals surface area contributed by atoms with Crippen molar-refractivity contribution >= 4 is 5.97 Å². The van der Waals surface area contributed by atoms with Gasteiger partial charge in [-0.3, -0.25) is 4.79 Å². The Morgan fingerprint density at radius 2 is 2.12 bits per heavy atom. The first kappa shape index (κ1) is 13.4. The molecule has 17 heavy (non-hydrogen) atoms. The number of rotatable bonds is 4. The Morgan fingerprint density at radius 3 is 2.65 bits per heavy atom. The maximum atomic E-state index is 13.6. The molecule has 5 heteroatoms.